The van der Waals surface area contributed by atoms with E-state index >= 15 is 0 Å². The van der Waals surface area contributed by atoms with Crippen LogP contribution in [0.2, 0.25) is 0 Å². The summed E-state index contributed by atoms with van der Waals surface area (Å²) < 4.78 is 5.62. The molecule has 1 atom stereocenters. The highest BCUT2D eigenvalue weighted by atomic mass is 16.5. The van der Waals surface area contributed by atoms with Gasteiger partial charge in [0.2, 0.25) is 0 Å². The maximum atomic E-state index is 10.1. The number of aryl methyl sites for hydroxylation is 2. The van der Waals surface area contributed by atoms with E-state index in [0.717, 1.165) is 33.6 Å². The van der Waals surface area contributed by atoms with Gasteiger partial charge in [-0.05, 0) is 43.7 Å². The first-order valence-electron chi connectivity index (χ1n) is 7.94. The molecule has 3 rings (SSSR count). The monoisotopic (exact) mass is 323 g/mol. The number of aromatic nitrogens is 2. The van der Waals surface area contributed by atoms with Crippen LogP contribution in [0.5, 0.6) is 5.75 Å². The van der Waals surface area contributed by atoms with Gasteiger partial charge in [0, 0.05) is 11.9 Å². The number of aliphatic hydroxyl groups is 1. The van der Waals surface area contributed by atoms with Crippen LogP contribution in [0.25, 0.3) is 10.9 Å². The zero-order valence-electron chi connectivity index (χ0n) is 13.9. The molecule has 124 valence electrons. The van der Waals surface area contributed by atoms with Crippen molar-refractivity contribution in [3.63, 3.8) is 0 Å². The number of benzene rings is 2. The highest BCUT2D eigenvalue weighted by molar-refractivity contribution is 5.89. The van der Waals surface area contributed by atoms with Crippen molar-refractivity contribution in [3.05, 3.63) is 59.9 Å². The van der Waals surface area contributed by atoms with Crippen molar-refractivity contribution in [2.24, 2.45) is 0 Å². The van der Waals surface area contributed by atoms with Gasteiger partial charge in [-0.1, -0.05) is 23.8 Å². The largest absolute Gasteiger partial charge is 0.491 e. The second kappa shape index (κ2) is 7.27. The lowest BCUT2D eigenvalue weighted by Crippen LogP contribution is -2.26. The van der Waals surface area contributed by atoms with E-state index in [0.29, 0.717) is 6.54 Å². The summed E-state index contributed by atoms with van der Waals surface area (Å²) in [6.07, 6.45) is 0.885. The van der Waals surface area contributed by atoms with Gasteiger partial charge in [-0.15, -0.1) is 0 Å². The molecule has 2 N–H and O–H groups in total. The van der Waals surface area contributed by atoms with Crippen LogP contribution in [0, 0.1) is 13.8 Å². The second-order valence-electron chi connectivity index (χ2n) is 5.91. The summed E-state index contributed by atoms with van der Waals surface area (Å²) in [5, 5.41) is 14.3. The molecule has 5 nitrogen and oxygen atoms in total. The third kappa shape index (κ3) is 4.00. The molecule has 0 aliphatic carbocycles. The molecular weight excluding hydrogens is 302 g/mol. The molecule has 1 unspecified atom stereocenters. The van der Waals surface area contributed by atoms with Crippen molar-refractivity contribution in [2.45, 2.75) is 20.0 Å². The Morgan fingerprint density at radius 1 is 1.08 bits per heavy atom. The highest BCUT2D eigenvalue weighted by Crippen LogP contribution is 2.20. The number of anilines is 1. The Morgan fingerprint density at radius 3 is 2.75 bits per heavy atom. The maximum absolute atomic E-state index is 10.1. The zero-order valence-corrected chi connectivity index (χ0v) is 13.9. The Kier molecular flexibility index (Phi) is 4.91. The van der Waals surface area contributed by atoms with E-state index in [9.17, 15) is 5.11 Å². The molecule has 1 aromatic heterocycles. The number of ether oxygens (including phenoxy) is 1. The molecule has 0 bridgehead atoms. The Morgan fingerprint density at radius 2 is 1.92 bits per heavy atom. The SMILES string of the molecule is Cc1cccc(OCC(O)CNc2ncnc3ccc(C)cc23)c1. The Labute approximate surface area is 141 Å². The molecule has 0 amide bonds. The third-order valence-electron chi connectivity index (χ3n) is 3.73. The fourth-order valence-electron chi connectivity index (χ4n) is 2.48. The van der Waals surface area contributed by atoms with Crippen molar-refractivity contribution in [1.82, 2.24) is 9.97 Å². The van der Waals surface area contributed by atoms with Gasteiger partial charge < -0.3 is 15.2 Å². The minimum Gasteiger partial charge on any atom is -0.491 e. The summed E-state index contributed by atoms with van der Waals surface area (Å²) >= 11 is 0. The third-order valence-corrected chi connectivity index (χ3v) is 3.73. The number of hydrogen-bond donors (Lipinski definition) is 2. The van der Waals surface area contributed by atoms with E-state index in [2.05, 4.69) is 15.3 Å². The summed E-state index contributed by atoms with van der Waals surface area (Å²) in [4.78, 5) is 8.53. The van der Waals surface area contributed by atoms with Crippen molar-refractivity contribution < 1.29 is 9.84 Å². The topological polar surface area (TPSA) is 67.3 Å². The Balaban J connectivity index is 1.60. The lowest BCUT2D eigenvalue weighted by atomic mass is 10.1. The van der Waals surface area contributed by atoms with Gasteiger partial charge in [-0.3, -0.25) is 0 Å². The lowest BCUT2D eigenvalue weighted by molar-refractivity contribution is 0.117. The van der Waals surface area contributed by atoms with Gasteiger partial charge in [-0.25, -0.2) is 9.97 Å². The van der Waals surface area contributed by atoms with Crippen LogP contribution in [-0.4, -0.2) is 34.3 Å². The average molecular weight is 323 g/mol. The molecule has 5 heteroatoms. The number of aliphatic hydroxyl groups excluding tert-OH is 1. The second-order valence-corrected chi connectivity index (χ2v) is 5.91. The summed E-state index contributed by atoms with van der Waals surface area (Å²) in [6.45, 7) is 4.61. The Bertz CT molecular complexity index is 836. The minimum absolute atomic E-state index is 0.221. The zero-order chi connectivity index (χ0) is 16.9. The molecule has 3 aromatic rings. The first-order chi connectivity index (χ1) is 11.6. The fraction of sp³-hybridized carbons (Fsp3) is 0.263. The molecule has 0 spiro atoms. The summed E-state index contributed by atoms with van der Waals surface area (Å²) in [5.74, 6) is 1.48. The molecule has 1 heterocycles. The van der Waals surface area contributed by atoms with Gasteiger partial charge in [0.25, 0.3) is 0 Å². The lowest BCUT2D eigenvalue weighted by Gasteiger charge is -2.15. The van der Waals surface area contributed by atoms with Gasteiger partial charge in [-0.2, -0.15) is 0 Å². The number of rotatable bonds is 6. The fourth-order valence-corrected chi connectivity index (χ4v) is 2.48. The summed E-state index contributed by atoms with van der Waals surface area (Å²) in [7, 11) is 0. The number of nitrogens with zero attached hydrogens (tertiary/aromatic N) is 2. The van der Waals surface area contributed by atoms with Crippen LogP contribution in [0.15, 0.2) is 48.8 Å². The van der Waals surface area contributed by atoms with E-state index in [1.165, 1.54) is 6.33 Å². The number of hydrogen-bond acceptors (Lipinski definition) is 5. The molecule has 2 aromatic carbocycles. The van der Waals surface area contributed by atoms with Crippen LogP contribution in [0.4, 0.5) is 5.82 Å². The first-order valence-corrected chi connectivity index (χ1v) is 7.94. The van der Waals surface area contributed by atoms with Crippen molar-refractivity contribution in [2.75, 3.05) is 18.5 Å². The van der Waals surface area contributed by atoms with E-state index in [1.54, 1.807) is 0 Å². The quantitative estimate of drug-likeness (QED) is 0.729. The highest BCUT2D eigenvalue weighted by Gasteiger charge is 2.08. The molecule has 0 saturated carbocycles. The van der Waals surface area contributed by atoms with E-state index in [4.69, 9.17) is 4.74 Å². The molecule has 0 radical (unpaired) electrons. The van der Waals surface area contributed by atoms with Gasteiger partial charge in [0.15, 0.2) is 0 Å². The summed E-state index contributed by atoms with van der Waals surface area (Å²) in [5.41, 5.74) is 3.15. The number of nitrogens with one attached hydrogen (secondary N) is 1. The molecular formula is C19H21N3O2. The minimum atomic E-state index is -0.639. The maximum Gasteiger partial charge on any atom is 0.137 e. The van der Waals surface area contributed by atoms with Crippen LogP contribution in [0.1, 0.15) is 11.1 Å². The smallest absolute Gasteiger partial charge is 0.137 e. The standard InChI is InChI=1S/C19H21N3O2/c1-13-4-3-5-16(8-13)24-11-15(23)10-20-19-17-9-14(2)6-7-18(17)21-12-22-19/h3-9,12,15,23H,10-11H2,1-2H3,(H,20,21,22). The van der Waals surface area contributed by atoms with E-state index in [-0.39, 0.29) is 6.61 Å². The normalized spacial score (nSPS) is 12.1. The number of fused-ring (bicyclic) bond motifs is 1. The predicted molar refractivity (Wildman–Crippen MR) is 95.4 cm³/mol. The van der Waals surface area contributed by atoms with Crippen molar-refractivity contribution in [1.29, 1.82) is 0 Å². The van der Waals surface area contributed by atoms with Crippen LogP contribution < -0.4 is 10.1 Å². The van der Waals surface area contributed by atoms with Gasteiger partial charge in [0.1, 0.15) is 30.6 Å². The molecule has 0 fully saturated rings. The van der Waals surface area contributed by atoms with Crippen LogP contribution in [0.3, 0.4) is 0 Å². The molecule has 0 saturated heterocycles. The summed E-state index contributed by atoms with van der Waals surface area (Å²) in [6, 6.07) is 13.8. The van der Waals surface area contributed by atoms with Crippen LogP contribution >= 0.6 is 0 Å². The van der Waals surface area contributed by atoms with Gasteiger partial charge >= 0.3 is 0 Å². The predicted octanol–water partition coefficient (Wildman–Crippen LogP) is 3.10. The van der Waals surface area contributed by atoms with Crippen molar-refractivity contribution >= 4 is 16.7 Å². The molecule has 24 heavy (non-hydrogen) atoms. The van der Waals surface area contributed by atoms with E-state index in [1.807, 2.05) is 56.3 Å². The Hall–Kier alpha value is -2.66. The first kappa shape index (κ1) is 16.2. The average Bonchev–Trinajstić information content (AvgIpc) is 2.58. The van der Waals surface area contributed by atoms with E-state index < -0.39 is 6.10 Å². The molecule has 0 aliphatic heterocycles. The molecule has 0 aliphatic rings. The van der Waals surface area contributed by atoms with Crippen LogP contribution in [-0.2, 0) is 0 Å². The van der Waals surface area contributed by atoms with Gasteiger partial charge in [0.05, 0.1) is 5.52 Å². The van der Waals surface area contributed by atoms with Crippen molar-refractivity contribution in [3.8, 4) is 5.75 Å².